The zero-order valence-corrected chi connectivity index (χ0v) is 8.75. The number of aliphatic hydroxyl groups excluding tert-OH is 1. The first-order valence-electron chi connectivity index (χ1n) is 4.79. The maximum absolute atomic E-state index is 9.00. The van der Waals surface area contributed by atoms with Gasteiger partial charge in [-0.1, -0.05) is 20.8 Å². The first kappa shape index (κ1) is 12.2. The van der Waals surface area contributed by atoms with Gasteiger partial charge >= 0.3 is 0 Å². The van der Waals surface area contributed by atoms with E-state index in [4.69, 9.17) is 10.8 Å². The van der Waals surface area contributed by atoms with Crippen LogP contribution in [0.1, 0.15) is 27.2 Å². The molecule has 0 amide bonds. The molecule has 0 saturated carbocycles. The second-order valence-corrected chi connectivity index (χ2v) is 3.44. The summed E-state index contributed by atoms with van der Waals surface area (Å²) in [5.74, 6) is 0.773. The van der Waals surface area contributed by atoms with Gasteiger partial charge in [-0.25, -0.2) is 0 Å². The van der Waals surface area contributed by atoms with Crippen LogP contribution in [0.15, 0.2) is 4.99 Å². The predicted molar refractivity (Wildman–Crippen MR) is 55.6 cm³/mol. The fourth-order valence-corrected chi connectivity index (χ4v) is 0.891. The molecular formula is C9H21N3O. The lowest BCUT2D eigenvalue weighted by molar-refractivity contribution is 0.226. The lowest BCUT2D eigenvalue weighted by Crippen LogP contribution is -2.45. The summed E-state index contributed by atoms with van der Waals surface area (Å²) in [6, 6.07) is 0.000561. The quantitative estimate of drug-likeness (QED) is 0.429. The van der Waals surface area contributed by atoms with Gasteiger partial charge in [0.15, 0.2) is 5.96 Å². The van der Waals surface area contributed by atoms with Crippen LogP contribution in [0.3, 0.4) is 0 Å². The highest BCUT2D eigenvalue weighted by Crippen LogP contribution is 1.99. The van der Waals surface area contributed by atoms with Gasteiger partial charge in [-0.15, -0.1) is 0 Å². The molecule has 78 valence electrons. The van der Waals surface area contributed by atoms with E-state index in [-0.39, 0.29) is 12.6 Å². The molecule has 4 nitrogen and oxygen atoms in total. The molecule has 0 aromatic carbocycles. The van der Waals surface area contributed by atoms with E-state index in [2.05, 4.69) is 10.3 Å². The molecule has 0 aromatic heterocycles. The van der Waals surface area contributed by atoms with E-state index in [0.717, 1.165) is 13.0 Å². The van der Waals surface area contributed by atoms with Gasteiger partial charge in [0.25, 0.3) is 0 Å². The minimum absolute atomic E-state index is 0.000561. The molecule has 0 rings (SSSR count). The Bertz CT molecular complexity index is 157. The van der Waals surface area contributed by atoms with Crippen molar-refractivity contribution in [2.45, 2.75) is 33.2 Å². The summed E-state index contributed by atoms with van der Waals surface area (Å²) in [6.45, 7) is 6.92. The molecule has 4 heteroatoms. The summed E-state index contributed by atoms with van der Waals surface area (Å²) in [6.07, 6.45) is 0.980. The number of hydrogen-bond acceptors (Lipinski definition) is 2. The maximum atomic E-state index is 9.00. The fraction of sp³-hybridized carbons (Fsp3) is 0.889. The third kappa shape index (κ3) is 5.47. The lowest BCUT2D eigenvalue weighted by atomic mass is 10.1. The summed E-state index contributed by atoms with van der Waals surface area (Å²) in [5, 5.41) is 12.0. The number of aliphatic hydroxyl groups is 1. The Labute approximate surface area is 80.2 Å². The Morgan fingerprint density at radius 3 is 2.54 bits per heavy atom. The standard InChI is InChI=1S/C9H21N3O/c1-4-5-11-9(10)12-8(6-13)7(2)3/h7-8,13H,4-6H2,1-3H3,(H3,10,11,12)/t8-/m1/s1. The Morgan fingerprint density at radius 1 is 1.54 bits per heavy atom. The average molecular weight is 187 g/mol. The van der Waals surface area contributed by atoms with Crippen LogP contribution < -0.4 is 11.1 Å². The van der Waals surface area contributed by atoms with Crippen molar-refractivity contribution >= 4 is 5.96 Å². The second-order valence-electron chi connectivity index (χ2n) is 3.44. The van der Waals surface area contributed by atoms with E-state index in [9.17, 15) is 0 Å². The Kier molecular flexibility index (Phi) is 6.32. The highest BCUT2D eigenvalue weighted by Gasteiger charge is 2.11. The van der Waals surface area contributed by atoms with E-state index in [1.807, 2.05) is 20.8 Å². The van der Waals surface area contributed by atoms with Crippen molar-refractivity contribution in [2.75, 3.05) is 13.2 Å². The Hall–Kier alpha value is -0.770. The largest absolute Gasteiger partial charge is 0.394 e. The van der Waals surface area contributed by atoms with E-state index in [1.165, 1.54) is 0 Å². The van der Waals surface area contributed by atoms with Crippen molar-refractivity contribution in [3.8, 4) is 0 Å². The number of nitrogens with zero attached hydrogens (tertiary/aromatic N) is 1. The molecule has 0 bridgehead atoms. The fourth-order valence-electron chi connectivity index (χ4n) is 0.891. The summed E-state index contributed by atoms with van der Waals surface area (Å²) in [5.41, 5.74) is 5.60. The van der Waals surface area contributed by atoms with Crippen LogP contribution in [0.2, 0.25) is 0 Å². The molecule has 0 heterocycles. The second kappa shape index (κ2) is 6.71. The molecule has 0 aliphatic carbocycles. The van der Waals surface area contributed by atoms with Crippen molar-refractivity contribution < 1.29 is 5.11 Å². The summed E-state index contributed by atoms with van der Waals surface area (Å²) >= 11 is 0. The van der Waals surface area contributed by atoms with Crippen molar-refractivity contribution in [1.82, 2.24) is 5.32 Å². The molecule has 0 aromatic rings. The van der Waals surface area contributed by atoms with Crippen molar-refractivity contribution in [3.63, 3.8) is 0 Å². The molecule has 0 fully saturated rings. The number of rotatable bonds is 5. The normalized spacial score (nSPS) is 14.7. The van der Waals surface area contributed by atoms with Gasteiger partial charge in [0.05, 0.1) is 12.6 Å². The van der Waals surface area contributed by atoms with Gasteiger partial charge in [0, 0.05) is 6.54 Å². The molecule has 0 aliphatic rings. The number of aliphatic imine (C=N–C) groups is 1. The van der Waals surface area contributed by atoms with E-state index >= 15 is 0 Å². The van der Waals surface area contributed by atoms with Crippen LogP contribution >= 0.6 is 0 Å². The van der Waals surface area contributed by atoms with Crippen molar-refractivity contribution in [2.24, 2.45) is 16.6 Å². The Balaban J connectivity index is 3.92. The van der Waals surface area contributed by atoms with Gasteiger partial charge in [-0.3, -0.25) is 4.99 Å². The van der Waals surface area contributed by atoms with Crippen molar-refractivity contribution in [3.05, 3.63) is 0 Å². The van der Waals surface area contributed by atoms with Crippen LogP contribution in [0.25, 0.3) is 0 Å². The summed E-state index contributed by atoms with van der Waals surface area (Å²) in [4.78, 5) is 4.08. The van der Waals surface area contributed by atoms with Crippen LogP contribution in [-0.2, 0) is 0 Å². The minimum atomic E-state index is 0.000561. The van der Waals surface area contributed by atoms with Gasteiger partial charge in [0.2, 0.25) is 0 Å². The highest BCUT2D eigenvalue weighted by atomic mass is 16.3. The van der Waals surface area contributed by atoms with Crippen LogP contribution in [0, 0.1) is 5.92 Å². The third-order valence-electron chi connectivity index (χ3n) is 1.84. The smallest absolute Gasteiger partial charge is 0.188 e. The van der Waals surface area contributed by atoms with Crippen LogP contribution in [0.4, 0.5) is 0 Å². The molecule has 0 radical (unpaired) electrons. The van der Waals surface area contributed by atoms with E-state index in [0.29, 0.717) is 11.9 Å². The molecule has 0 spiro atoms. The topological polar surface area (TPSA) is 70.6 Å². The highest BCUT2D eigenvalue weighted by molar-refractivity contribution is 5.78. The molecule has 0 saturated heterocycles. The summed E-state index contributed by atoms with van der Waals surface area (Å²) in [7, 11) is 0. The molecular weight excluding hydrogens is 166 g/mol. The zero-order valence-electron chi connectivity index (χ0n) is 8.75. The third-order valence-corrected chi connectivity index (χ3v) is 1.84. The average Bonchev–Trinajstić information content (AvgIpc) is 2.10. The van der Waals surface area contributed by atoms with Crippen LogP contribution in [-0.4, -0.2) is 30.3 Å². The van der Waals surface area contributed by atoms with Gasteiger partial charge in [-0.2, -0.15) is 0 Å². The van der Waals surface area contributed by atoms with E-state index < -0.39 is 0 Å². The SMILES string of the molecule is CCCN=C(N)N[C@H](CO)C(C)C. The number of nitrogens with two attached hydrogens (primary N) is 1. The lowest BCUT2D eigenvalue weighted by Gasteiger charge is -2.20. The molecule has 4 N–H and O–H groups in total. The van der Waals surface area contributed by atoms with Gasteiger partial charge in [0.1, 0.15) is 0 Å². The van der Waals surface area contributed by atoms with Gasteiger partial charge in [-0.05, 0) is 12.3 Å². The molecule has 0 unspecified atom stereocenters. The predicted octanol–water partition coefficient (Wildman–Crippen LogP) is 0.318. The molecule has 13 heavy (non-hydrogen) atoms. The first-order valence-corrected chi connectivity index (χ1v) is 4.79. The first-order chi connectivity index (χ1) is 6.11. The minimum Gasteiger partial charge on any atom is -0.394 e. The van der Waals surface area contributed by atoms with Crippen LogP contribution in [0.5, 0.6) is 0 Å². The number of hydrogen-bond donors (Lipinski definition) is 3. The Morgan fingerprint density at radius 2 is 2.15 bits per heavy atom. The van der Waals surface area contributed by atoms with Gasteiger partial charge < -0.3 is 16.2 Å². The molecule has 0 aliphatic heterocycles. The number of guanidine groups is 1. The number of nitrogens with one attached hydrogen (secondary N) is 1. The maximum Gasteiger partial charge on any atom is 0.188 e. The zero-order chi connectivity index (χ0) is 10.3. The van der Waals surface area contributed by atoms with E-state index in [1.54, 1.807) is 0 Å². The van der Waals surface area contributed by atoms with Crippen molar-refractivity contribution in [1.29, 1.82) is 0 Å². The monoisotopic (exact) mass is 187 g/mol. The summed E-state index contributed by atoms with van der Waals surface area (Å²) < 4.78 is 0. The molecule has 1 atom stereocenters.